The molecule has 0 aromatic carbocycles. The van der Waals surface area contributed by atoms with E-state index >= 15 is 0 Å². The van der Waals surface area contributed by atoms with Gasteiger partial charge in [0.2, 0.25) is 0 Å². The number of carbonyl (C=O) groups is 1. The Kier molecular flexibility index (Phi) is 4.37. The number of halogens is 1. The quantitative estimate of drug-likeness (QED) is 0.773. The molecule has 0 radical (unpaired) electrons. The third kappa shape index (κ3) is 3.40. The maximum atomic E-state index is 11.5. The Bertz CT molecular complexity index is 355. The molecule has 1 amide bonds. The molecular weight excluding hydrogens is 214 g/mol. The summed E-state index contributed by atoms with van der Waals surface area (Å²) in [6.07, 6.45) is 0. The van der Waals surface area contributed by atoms with Crippen molar-refractivity contribution in [2.45, 2.75) is 13.8 Å². The second-order valence-electron chi connectivity index (χ2n) is 2.95. The summed E-state index contributed by atoms with van der Waals surface area (Å²) in [5, 5.41) is 6.03. The highest BCUT2D eigenvalue weighted by Crippen LogP contribution is 2.14. The topological polar surface area (TPSA) is 54.0 Å². The van der Waals surface area contributed by atoms with Gasteiger partial charge in [0.05, 0.1) is 0 Å². The van der Waals surface area contributed by atoms with Crippen LogP contribution in [0, 0.1) is 0 Å². The zero-order valence-electron chi connectivity index (χ0n) is 8.80. The molecule has 2 N–H and O–H groups in total. The Labute approximate surface area is 94.0 Å². The second kappa shape index (κ2) is 5.56. The van der Waals surface area contributed by atoms with Crippen molar-refractivity contribution < 1.29 is 4.79 Å². The largest absolute Gasteiger partial charge is 0.370 e. The van der Waals surface area contributed by atoms with E-state index in [2.05, 4.69) is 15.6 Å². The Morgan fingerprint density at radius 2 is 2.13 bits per heavy atom. The molecule has 82 valence electrons. The van der Waals surface area contributed by atoms with Gasteiger partial charge in [0.25, 0.3) is 5.91 Å². The number of carbonyl (C=O) groups excluding carboxylic acids is 1. The van der Waals surface area contributed by atoms with Gasteiger partial charge in [0, 0.05) is 18.7 Å². The predicted octanol–water partition coefficient (Wildman–Crippen LogP) is 1.92. The van der Waals surface area contributed by atoms with Gasteiger partial charge in [-0.3, -0.25) is 4.79 Å². The molecule has 5 heteroatoms. The first-order valence-electron chi connectivity index (χ1n) is 4.87. The molecule has 1 aromatic rings. The van der Waals surface area contributed by atoms with Gasteiger partial charge in [-0.25, -0.2) is 4.98 Å². The van der Waals surface area contributed by atoms with Crippen LogP contribution >= 0.6 is 11.6 Å². The Morgan fingerprint density at radius 3 is 2.73 bits per heavy atom. The number of rotatable bonds is 4. The fourth-order valence-electron chi connectivity index (χ4n) is 1.16. The summed E-state index contributed by atoms with van der Waals surface area (Å²) >= 11 is 5.80. The van der Waals surface area contributed by atoms with Crippen LogP contribution in [0.2, 0.25) is 5.15 Å². The number of nitrogens with one attached hydrogen (secondary N) is 2. The fraction of sp³-hybridized carbons (Fsp3) is 0.400. The second-order valence-corrected chi connectivity index (χ2v) is 3.34. The van der Waals surface area contributed by atoms with E-state index in [4.69, 9.17) is 11.6 Å². The number of aromatic nitrogens is 1. The standard InChI is InChI=1S/C10H14ClN3O/c1-3-12-9-6-7(5-8(11)14-9)10(15)13-4-2/h5-6H,3-4H2,1-2H3,(H,12,14)(H,13,15). The van der Waals surface area contributed by atoms with Crippen LogP contribution in [0.4, 0.5) is 5.82 Å². The highest BCUT2D eigenvalue weighted by molar-refractivity contribution is 6.29. The number of amides is 1. The summed E-state index contributed by atoms with van der Waals surface area (Å²) in [5.41, 5.74) is 0.521. The molecule has 0 aliphatic rings. The third-order valence-corrected chi connectivity index (χ3v) is 1.95. The Morgan fingerprint density at radius 1 is 1.40 bits per heavy atom. The molecule has 4 nitrogen and oxygen atoms in total. The van der Waals surface area contributed by atoms with Crippen molar-refractivity contribution in [1.29, 1.82) is 0 Å². The maximum Gasteiger partial charge on any atom is 0.251 e. The van der Waals surface area contributed by atoms with E-state index in [0.29, 0.717) is 23.1 Å². The number of anilines is 1. The molecule has 0 saturated heterocycles. The van der Waals surface area contributed by atoms with Crippen molar-refractivity contribution in [3.63, 3.8) is 0 Å². The number of hydrogen-bond donors (Lipinski definition) is 2. The lowest BCUT2D eigenvalue weighted by atomic mass is 10.2. The van der Waals surface area contributed by atoms with Crippen molar-refractivity contribution in [1.82, 2.24) is 10.3 Å². The van der Waals surface area contributed by atoms with E-state index in [1.807, 2.05) is 13.8 Å². The average molecular weight is 228 g/mol. The van der Waals surface area contributed by atoms with Crippen LogP contribution in [0.1, 0.15) is 24.2 Å². The molecule has 0 bridgehead atoms. The molecule has 0 unspecified atom stereocenters. The van der Waals surface area contributed by atoms with Crippen LogP contribution in [0.3, 0.4) is 0 Å². The number of pyridine rings is 1. The SMILES string of the molecule is CCNC(=O)c1cc(Cl)nc(NCC)c1. The summed E-state index contributed by atoms with van der Waals surface area (Å²) in [7, 11) is 0. The molecule has 0 fully saturated rings. The van der Waals surface area contributed by atoms with E-state index < -0.39 is 0 Å². The minimum absolute atomic E-state index is 0.138. The average Bonchev–Trinajstić information content (AvgIpc) is 2.17. The van der Waals surface area contributed by atoms with Gasteiger partial charge in [-0.05, 0) is 26.0 Å². The molecule has 1 aromatic heterocycles. The van der Waals surface area contributed by atoms with Gasteiger partial charge in [-0.1, -0.05) is 11.6 Å². The zero-order valence-corrected chi connectivity index (χ0v) is 9.56. The summed E-state index contributed by atoms with van der Waals surface area (Å²) in [6.45, 7) is 5.15. The predicted molar refractivity (Wildman–Crippen MR) is 61.4 cm³/mol. The summed E-state index contributed by atoms with van der Waals surface area (Å²) < 4.78 is 0. The van der Waals surface area contributed by atoms with Crippen LogP contribution in [0.5, 0.6) is 0 Å². The fourth-order valence-corrected chi connectivity index (χ4v) is 1.37. The van der Waals surface area contributed by atoms with Crippen molar-refractivity contribution in [3.05, 3.63) is 22.8 Å². The molecule has 0 aliphatic heterocycles. The first kappa shape index (κ1) is 11.8. The molecule has 1 rings (SSSR count). The van der Waals surface area contributed by atoms with Crippen molar-refractivity contribution in [3.8, 4) is 0 Å². The number of nitrogens with zero attached hydrogens (tertiary/aromatic N) is 1. The molecule has 1 heterocycles. The van der Waals surface area contributed by atoms with Crippen LogP contribution in [0.25, 0.3) is 0 Å². The van der Waals surface area contributed by atoms with Gasteiger partial charge in [0.1, 0.15) is 11.0 Å². The van der Waals surface area contributed by atoms with Crippen molar-refractivity contribution in [2.24, 2.45) is 0 Å². The van der Waals surface area contributed by atoms with Gasteiger partial charge in [-0.2, -0.15) is 0 Å². The van der Waals surface area contributed by atoms with E-state index in [0.717, 1.165) is 6.54 Å². The summed E-state index contributed by atoms with van der Waals surface area (Å²) in [4.78, 5) is 15.6. The first-order valence-corrected chi connectivity index (χ1v) is 5.24. The lowest BCUT2D eigenvalue weighted by Crippen LogP contribution is -2.22. The molecular formula is C10H14ClN3O. The molecule has 0 saturated carbocycles. The molecule has 15 heavy (non-hydrogen) atoms. The van der Waals surface area contributed by atoms with Crippen LogP contribution < -0.4 is 10.6 Å². The summed E-state index contributed by atoms with van der Waals surface area (Å²) in [6, 6.07) is 3.23. The first-order chi connectivity index (χ1) is 7.17. The highest BCUT2D eigenvalue weighted by Gasteiger charge is 2.07. The number of hydrogen-bond acceptors (Lipinski definition) is 3. The zero-order chi connectivity index (χ0) is 11.3. The van der Waals surface area contributed by atoms with E-state index in [-0.39, 0.29) is 5.91 Å². The molecule has 0 aliphatic carbocycles. The minimum Gasteiger partial charge on any atom is -0.370 e. The highest BCUT2D eigenvalue weighted by atomic mass is 35.5. The van der Waals surface area contributed by atoms with Crippen molar-refractivity contribution >= 4 is 23.3 Å². The van der Waals surface area contributed by atoms with E-state index in [1.165, 1.54) is 0 Å². The monoisotopic (exact) mass is 227 g/mol. The summed E-state index contributed by atoms with van der Waals surface area (Å²) in [5.74, 6) is 0.479. The van der Waals surface area contributed by atoms with Crippen LogP contribution in [-0.2, 0) is 0 Å². The smallest absolute Gasteiger partial charge is 0.251 e. The Hall–Kier alpha value is -1.29. The maximum absolute atomic E-state index is 11.5. The van der Waals surface area contributed by atoms with Crippen LogP contribution in [0.15, 0.2) is 12.1 Å². The van der Waals surface area contributed by atoms with E-state index in [1.54, 1.807) is 12.1 Å². The van der Waals surface area contributed by atoms with Gasteiger partial charge in [0.15, 0.2) is 0 Å². The van der Waals surface area contributed by atoms with Crippen LogP contribution in [-0.4, -0.2) is 24.0 Å². The Balaban J connectivity index is 2.92. The van der Waals surface area contributed by atoms with E-state index in [9.17, 15) is 4.79 Å². The molecule has 0 atom stereocenters. The lowest BCUT2D eigenvalue weighted by Gasteiger charge is -2.06. The normalized spacial score (nSPS) is 9.80. The van der Waals surface area contributed by atoms with Gasteiger partial charge in [-0.15, -0.1) is 0 Å². The van der Waals surface area contributed by atoms with Gasteiger partial charge >= 0.3 is 0 Å². The third-order valence-electron chi connectivity index (χ3n) is 1.75. The minimum atomic E-state index is -0.138. The van der Waals surface area contributed by atoms with Gasteiger partial charge < -0.3 is 10.6 Å². The lowest BCUT2D eigenvalue weighted by molar-refractivity contribution is 0.0956. The molecule has 0 spiro atoms. The van der Waals surface area contributed by atoms with Crippen molar-refractivity contribution in [2.75, 3.05) is 18.4 Å².